The van der Waals surface area contributed by atoms with Gasteiger partial charge in [0.05, 0.1) is 5.56 Å². The Morgan fingerprint density at radius 3 is 2.43 bits per heavy atom. The van der Waals surface area contributed by atoms with Crippen molar-refractivity contribution in [3.63, 3.8) is 0 Å². The number of hydrogen-bond donors (Lipinski definition) is 1. The van der Waals surface area contributed by atoms with Crippen molar-refractivity contribution in [1.82, 2.24) is 0 Å². The quantitative estimate of drug-likeness (QED) is 0.784. The van der Waals surface area contributed by atoms with Crippen LogP contribution in [0.1, 0.15) is 16.7 Å². The SMILES string of the molecule is Cc1ccc(C(F)(F)F)c(CCO)c1. The lowest BCUT2D eigenvalue weighted by molar-refractivity contribution is -0.138. The third kappa shape index (κ3) is 2.48. The normalized spacial score (nSPS) is 11.8. The zero-order chi connectivity index (χ0) is 10.8. The molecule has 1 rings (SSSR count). The fourth-order valence-corrected chi connectivity index (χ4v) is 1.33. The molecule has 0 spiro atoms. The molecule has 14 heavy (non-hydrogen) atoms. The van der Waals surface area contributed by atoms with Crippen LogP contribution in [0.3, 0.4) is 0 Å². The molecule has 4 heteroatoms. The highest BCUT2D eigenvalue weighted by molar-refractivity contribution is 5.33. The Labute approximate surface area is 80.2 Å². The molecule has 78 valence electrons. The summed E-state index contributed by atoms with van der Waals surface area (Å²) in [4.78, 5) is 0. The van der Waals surface area contributed by atoms with E-state index < -0.39 is 11.7 Å². The standard InChI is InChI=1S/C10H11F3O/c1-7-2-3-9(10(11,12)13)8(6-7)4-5-14/h2-3,6,14H,4-5H2,1H3. The van der Waals surface area contributed by atoms with E-state index in [0.717, 1.165) is 11.6 Å². The summed E-state index contributed by atoms with van der Waals surface area (Å²) in [7, 11) is 0. The van der Waals surface area contributed by atoms with E-state index in [1.807, 2.05) is 0 Å². The maximum Gasteiger partial charge on any atom is 0.416 e. The molecule has 1 aromatic carbocycles. The van der Waals surface area contributed by atoms with E-state index in [1.54, 1.807) is 6.92 Å². The van der Waals surface area contributed by atoms with E-state index in [0.29, 0.717) is 0 Å². The molecule has 0 aromatic heterocycles. The van der Waals surface area contributed by atoms with Gasteiger partial charge in [0, 0.05) is 6.61 Å². The molecule has 0 heterocycles. The molecular weight excluding hydrogens is 193 g/mol. The van der Waals surface area contributed by atoms with Gasteiger partial charge >= 0.3 is 6.18 Å². The molecular formula is C10H11F3O. The number of benzene rings is 1. The lowest BCUT2D eigenvalue weighted by atomic mass is 10.0. The van der Waals surface area contributed by atoms with E-state index in [1.165, 1.54) is 12.1 Å². The van der Waals surface area contributed by atoms with Crippen molar-refractivity contribution >= 4 is 0 Å². The lowest BCUT2D eigenvalue weighted by Crippen LogP contribution is -2.10. The Hall–Kier alpha value is -1.03. The van der Waals surface area contributed by atoms with Crippen LogP contribution in [0.25, 0.3) is 0 Å². The molecule has 1 nitrogen and oxygen atoms in total. The zero-order valence-corrected chi connectivity index (χ0v) is 7.73. The van der Waals surface area contributed by atoms with Crippen LogP contribution in [-0.4, -0.2) is 11.7 Å². The van der Waals surface area contributed by atoms with Gasteiger partial charge in [0.2, 0.25) is 0 Å². The van der Waals surface area contributed by atoms with Gasteiger partial charge in [-0.05, 0) is 25.0 Å². The molecule has 0 radical (unpaired) electrons. The predicted octanol–water partition coefficient (Wildman–Crippen LogP) is 2.55. The first-order valence-corrected chi connectivity index (χ1v) is 4.22. The van der Waals surface area contributed by atoms with Crippen molar-refractivity contribution < 1.29 is 18.3 Å². The molecule has 0 atom stereocenters. The first-order valence-electron chi connectivity index (χ1n) is 4.22. The van der Waals surface area contributed by atoms with Crippen LogP contribution in [-0.2, 0) is 12.6 Å². The van der Waals surface area contributed by atoms with Gasteiger partial charge in [0.1, 0.15) is 0 Å². The van der Waals surface area contributed by atoms with E-state index in [4.69, 9.17) is 5.11 Å². The van der Waals surface area contributed by atoms with Gasteiger partial charge in [-0.1, -0.05) is 17.7 Å². The van der Waals surface area contributed by atoms with Crippen molar-refractivity contribution in [2.45, 2.75) is 19.5 Å². The van der Waals surface area contributed by atoms with Crippen LogP contribution >= 0.6 is 0 Å². The number of aryl methyl sites for hydroxylation is 1. The summed E-state index contributed by atoms with van der Waals surface area (Å²) in [5.74, 6) is 0. The molecule has 1 aromatic rings. The molecule has 0 aliphatic rings. The summed E-state index contributed by atoms with van der Waals surface area (Å²) in [6.07, 6.45) is -4.30. The van der Waals surface area contributed by atoms with Crippen LogP contribution in [0.2, 0.25) is 0 Å². The topological polar surface area (TPSA) is 20.2 Å². The van der Waals surface area contributed by atoms with E-state index >= 15 is 0 Å². The Balaban J connectivity index is 3.15. The van der Waals surface area contributed by atoms with Crippen molar-refractivity contribution in [3.05, 3.63) is 34.9 Å². The highest BCUT2D eigenvalue weighted by Gasteiger charge is 2.32. The molecule has 1 N–H and O–H groups in total. The zero-order valence-electron chi connectivity index (χ0n) is 7.73. The number of hydrogen-bond acceptors (Lipinski definition) is 1. The summed E-state index contributed by atoms with van der Waals surface area (Å²) in [6.45, 7) is 1.45. The molecule has 0 fully saturated rings. The van der Waals surface area contributed by atoms with Crippen LogP contribution in [0.15, 0.2) is 18.2 Å². The van der Waals surface area contributed by atoms with Gasteiger partial charge < -0.3 is 5.11 Å². The minimum Gasteiger partial charge on any atom is -0.396 e. The number of alkyl halides is 3. The Bertz CT molecular complexity index is 318. The minimum absolute atomic E-state index is 0.0382. The van der Waals surface area contributed by atoms with Gasteiger partial charge in [0.15, 0.2) is 0 Å². The highest BCUT2D eigenvalue weighted by atomic mass is 19.4. The Morgan fingerprint density at radius 1 is 1.29 bits per heavy atom. The van der Waals surface area contributed by atoms with Crippen LogP contribution in [0.5, 0.6) is 0 Å². The Kier molecular flexibility index (Phi) is 3.16. The first kappa shape index (κ1) is 11.0. The second-order valence-corrected chi connectivity index (χ2v) is 3.13. The summed E-state index contributed by atoms with van der Waals surface area (Å²) in [5, 5.41) is 8.63. The third-order valence-electron chi connectivity index (χ3n) is 1.95. The summed E-state index contributed by atoms with van der Waals surface area (Å²) < 4.78 is 37.3. The average Bonchev–Trinajstić information content (AvgIpc) is 2.02. The summed E-state index contributed by atoms with van der Waals surface area (Å²) in [5.41, 5.74) is 0.263. The van der Waals surface area contributed by atoms with Gasteiger partial charge in [-0.25, -0.2) is 0 Å². The summed E-state index contributed by atoms with van der Waals surface area (Å²) in [6, 6.07) is 3.93. The summed E-state index contributed by atoms with van der Waals surface area (Å²) >= 11 is 0. The smallest absolute Gasteiger partial charge is 0.396 e. The maximum absolute atomic E-state index is 12.4. The molecule has 0 unspecified atom stereocenters. The second kappa shape index (κ2) is 4.00. The second-order valence-electron chi connectivity index (χ2n) is 3.13. The lowest BCUT2D eigenvalue weighted by Gasteiger charge is -2.12. The monoisotopic (exact) mass is 204 g/mol. The molecule has 0 aliphatic carbocycles. The molecule has 0 saturated carbocycles. The predicted molar refractivity (Wildman–Crippen MR) is 47.0 cm³/mol. The van der Waals surface area contributed by atoms with Crippen molar-refractivity contribution in [2.24, 2.45) is 0 Å². The highest BCUT2D eigenvalue weighted by Crippen LogP contribution is 2.32. The fraction of sp³-hybridized carbons (Fsp3) is 0.400. The van der Waals surface area contributed by atoms with Crippen LogP contribution in [0, 0.1) is 6.92 Å². The van der Waals surface area contributed by atoms with Gasteiger partial charge in [0.25, 0.3) is 0 Å². The number of rotatable bonds is 2. The van der Waals surface area contributed by atoms with Crippen LogP contribution in [0.4, 0.5) is 13.2 Å². The van der Waals surface area contributed by atoms with Crippen molar-refractivity contribution in [2.75, 3.05) is 6.61 Å². The maximum atomic E-state index is 12.4. The molecule has 0 aliphatic heterocycles. The minimum atomic E-state index is -4.34. The molecule has 0 bridgehead atoms. The number of aliphatic hydroxyl groups is 1. The Morgan fingerprint density at radius 2 is 1.93 bits per heavy atom. The largest absolute Gasteiger partial charge is 0.416 e. The molecule has 0 saturated heterocycles. The van der Waals surface area contributed by atoms with Gasteiger partial charge in [-0.3, -0.25) is 0 Å². The van der Waals surface area contributed by atoms with E-state index in [2.05, 4.69) is 0 Å². The fourth-order valence-electron chi connectivity index (χ4n) is 1.33. The van der Waals surface area contributed by atoms with E-state index in [-0.39, 0.29) is 18.6 Å². The first-order chi connectivity index (χ1) is 6.45. The van der Waals surface area contributed by atoms with Gasteiger partial charge in [-0.2, -0.15) is 13.2 Å². The number of halogens is 3. The molecule has 0 amide bonds. The van der Waals surface area contributed by atoms with Crippen molar-refractivity contribution in [1.29, 1.82) is 0 Å². The van der Waals surface area contributed by atoms with Gasteiger partial charge in [-0.15, -0.1) is 0 Å². The number of aliphatic hydroxyl groups excluding tert-OH is 1. The van der Waals surface area contributed by atoms with Crippen molar-refractivity contribution in [3.8, 4) is 0 Å². The third-order valence-corrected chi connectivity index (χ3v) is 1.95. The van der Waals surface area contributed by atoms with Crippen LogP contribution < -0.4 is 0 Å². The van der Waals surface area contributed by atoms with E-state index in [9.17, 15) is 13.2 Å². The average molecular weight is 204 g/mol.